The number of carbonyl (C=O) groups excluding carboxylic acids is 1. The Labute approximate surface area is 265 Å². The Morgan fingerprint density at radius 3 is 2.52 bits per heavy atom. The number of H-pyrrole nitrogens is 1. The molecule has 3 aromatic carbocycles. The summed E-state index contributed by atoms with van der Waals surface area (Å²) in [4.78, 5) is 24.0. The molecule has 0 bridgehead atoms. The number of rotatable bonds is 7. The van der Waals surface area contributed by atoms with Crippen LogP contribution in [0.25, 0.3) is 27.6 Å². The summed E-state index contributed by atoms with van der Waals surface area (Å²) in [5, 5.41) is 4.80. The van der Waals surface area contributed by atoms with Crippen LogP contribution in [0.4, 0.5) is 10.2 Å². The molecule has 1 aliphatic heterocycles. The zero-order valence-electron chi connectivity index (χ0n) is 25.8. The van der Waals surface area contributed by atoms with Crippen LogP contribution >= 0.6 is 0 Å². The van der Waals surface area contributed by atoms with Gasteiger partial charge in [0.2, 0.25) is 5.78 Å². The maximum Gasteiger partial charge on any atom is 0.268 e. The number of anilines is 1. The average Bonchev–Trinajstić information content (AvgIpc) is 3.71. The quantitative estimate of drug-likeness (QED) is 0.213. The molecule has 0 spiro atoms. The molecule has 0 saturated carbocycles. The van der Waals surface area contributed by atoms with Crippen molar-refractivity contribution < 1.29 is 17.6 Å². The molecule has 4 heterocycles. The predicted molar refractivity (Wildman–Crippen MR) is 175 cm³/mol. The topological polar surface area (TPSA) is 132 Å². The Hall–Kier alpha value is -4.81. The van der Waals surface area contributed by atoms with E-state index in [4.69, 9.17) is 5.73 Å². The fourth-order valence-corrected chi connectivity index (χ4v) is 7.70. The molecule has 12 heteroatoms. The van der Waals surface area contributed by atoms with Crippen molar-refractivity contribution in [1.29, 1.82) is 0 Å². The Morgan fingerprint density at radius 1 is 1.04 bits per heavy atom. The van der Waals surface area contributed by atoms with Crippen LogP contribution in [0.1, 0.15) is 52.8 Å². The minimum Gasteiger partial charge on any atom is -0.383 e. The second kappa shape index (κ2) is 11.2. The normalized spacial score (nSPS) is 14.9. The van der Waals surface area contributed by atoms with Crippen LogP contribution in [0.5, 0.6) is 0 Å². The van der Waals surface area contributed by atoms with Gasteiger partial charge in [-0.2, -0.15) is 5.10 Å². The molecular weight excluding hydrogens is 605 g/mol. The predicted octanol–water partition coefficient (Wildman–Crippen LogP) is 5.74. The summed E-state index contributed by atoms with van der Waals surface area (Å²) >= 11 is 0. The summed E-state index contributed by atoms with van der Waals surface area (Å²) in [7, 11) is -4.33. The molecule has 1 aliphatic rings. The first kappa shape index (κ1) is 29.9. The van der Waals surface area contributed by atoms with Crippen LogP contribution < -0.4 is 5.73 Å². The molecule has 3 N–H and O–H groups in total. The number of nitrogens with zero attached hydrogens (tertiary/aromatic N) is 5. The van der Waals surface area contributed by atoms with E-state index in [0.717, 1.165) is 46.8 Å². The number of benzene rings is 3. The van der Waals surface area contributed by atoms with Gasteiger partial charge in [-0.1, -0.05) is 24.6 Å². The molecule has 0 atom stereocenters. The number of imidazole rings is 1. The minimum absolute atomic E-state index is 0.0181. The third-order valence-electron chi connectivity index (χ3n) is 8.87. The summed E-state index contributed by atoms with van der Waals surface area (Å²) in [5.41, 5.74) is 9.88. The van der Waals surface area contributed by atoms with Gasteiger partial charge in [-0.05, 0) is 94.2 Å². The largest absolute Gasteiger partial charge is 0.383 e. The van der Waals surface area contributed by atoms with Gasteiger partial charge in [0.15, 0.2) is 0 Å². The number of aryl methyl sites for hydroxylation is 2. The van der Waals surface area contributed by atoms with E-state index >= 15 is 4.39 Å². The number of nitrogen functional groups attached to an aromatic ring is 1. The van der Waals surface area contributed by atoms with Crippen molar-refractivity contribution >= 4 is 43.6 Å². The van der Waals surface area contributed by atoms with Gasteiger partial charge in [-0.25, -0.2) is 26.4 Å². The SMILES string of the molecule is Cc1ccc(S(=O)(=O)n2c(C(=O)c3cnn(-c4ccc5[nH]c(C)nc5c4)c3N)cc3cc(CN4CCC(C)CC4)c(F)cc32)cc1. The minimum atomic E-state index is -4.33. The van der Waals surface area contributed by atoms with E-state index < -0.39 is 21.6 Å². The number of fused-ring (bicyclic) bond motifs is 2. The van der Waals surface area contributed by atoms with Gasteiger partial charge >= 0.3 is 0 Å². The lowest BCUT2D eigenvalue weighted by molar-refractivity contribution is 0.103. The van der Waals surface area contributed by atoms with Crippen LogP contribution in [0.3, 0.4) is 0 Å². The summed E-state index contributed by atoms with van der Waals surface area (Å²) < 4.78 is 46.4. The van der Waals surface area contributed by atoms with Gasteiger partial charge in [0.1, 0.15) is 23.2 Å². The Kier molecular flexibility index (Phi) is 7.28. The Morgan fingerprint density at radius 2 is 1.78 bits per heavy atom. The van der Waals surface area contributed by atoms with Crippen LogP contribution in [0.15, 0.2) is 71.8 Å². The molecule has 0 radical (unpaired) electrons. The van der Waals surface area contributed by atoms with Gasteiger partial charge in [-0.15, -0.1) is 0 Å². The highest BCUT2D eigenvalue weighted by Gasteiger charge is 2.30. The maximum absolute atomic E-state index is 15.7. The lowest BCUT2D eigenvalue weighted by Crippen LogP contribution is -2.32. The molecule has 0 aliphatic carbocycles. The highest BCUT2D eigenvalue weighted by molar-refractivity contribution is 7.90. The number of hydrogen-bond donors (Lipinski definition) is 2. The van der Waals surface area contributed by atoms with Crippen molar-refractivity contribution in [2.45, 2.75) is 45.1 Å². The van der Waals surface area contributed by atoms with Crippen molar-refractivity contribution in [1.82, 2.24) is 28.6 Å². The van der Waals surface area contributed by atoms with E-state index in [9.17, 15) is 13.2 Å². The molecular formula is C34H34FN7O3S. The Bertz CT molecular complexity index is 2240. The van der Waals surface area contributed by atoms with Crippen molar-refractivity contribution in [3.63, 3.8) is 0 Å². The number of ketones is 1. The van der Waals surface area contributed by atoms with Crippen molar-refractivity contribution in [3.8, 4) is 5.69 Å². The standard InChI is InChI=1S/C34H34FN7O3S/c1-20-4-7-26(8-5-20)46(44,45)42-31-17-28(35)24(19-40-12-10-21(2)11-13-40)14-23(31)15-32(42)33(43)27-18-37-41(34(27)36)25-6-9-29-30(16-25)39-22(3)38-29/h4-9,14-18,21H,10-13,19,36H2,1-3H3,(H,38,39). The van der Waals surface area contributed by atoms with E-state index in [-0.39, 0.29) is 27.5 Å². The highest BCUT2D eigenvalue weighted by Crippen LogP contribution is 2.32. The van der Waals surface area contributed by atoms with E-state index in [1.54, 1.807) is 30.3 Å². The smallest absolute Gasteiger partial charge is 0.268 e. The van der Waals surface area contributed by atoms with Gasteiger partial charge in [0.05, 0.1) is 38.9 Å². The number of piperidine rings is 1. The number of nitrogens with one attached hydrogen (secondary N) is 1. The monoisotopic (exact) mass is 639 g/mol. The second-order valence-electron chi connectivity index (χ2n) is 12.3. The molecule has 46 heavy (non-hydrogen) atoms. The van der Waals surface area contributed by atoms with Gasteiger partial charge < -0.3 is 10.7 Å². The first-order valence-corrected chi connectivity index (χ1v) is 16.7. The van der Waals surface area contributed by atoms with E-state index in [2.05, 4.69) is 26.9 Å². The van der Waals surface area contributed by atoms with Crippen molar-refractivity contribution in [2.75, 3.05) is 18.8 Å². The molecule has 3 aromatic heterocycles. The Balaban J connectivity index is 1.34. The first-order chi connectivity index (χ1) is 22.0. The molecule has 0 amide bonds. The number of aromatic amines is 1. The molecule has 1 fully saturated rings. The van der Waals surface area contributed by atoms with E-state index in [1.807, 2.05) is 19.9 Å². The van der Waals surface area contributed by atoms with Crippen LogP contribution in [-0.2, 0) is 16.6 Å². The van der Waals surface area contributed by atoms with E-state index in [0.29, 0.717) is 34.6 Å². The molecule has 1 saturated heterocycles. The molecule has 0 unspecified atom stereocenters. The third kappa shape index (κ3) is 5.17. The van der Waals surface area contributed by atoms with Gasteiger partial charge in [0.25, 0.3) is 10.0 Å². The summed E-state index contributed by atoms with van der Waals surface area (Å²) in [6.45, 7) is 8.04. The van der Waals surface area contributed by atoms with Crippen LogP contribution in [0.2, 0.25) is 0 Å². The lowest BCUT2D eigenvalue weighted by Gasteiger charge is -2.30. The highest BCUT2D eigenvalue weighted by atomic mass is 32.2. The van der Waals surface area contributed by atoms with Gasteiger partial charge in [0, 0.05) is 17.5 Å². The van der Waals surface area contributed by atoms with Crippen molar-refractivity contribution in [3.05, 3.63) is 101 Å². The fourth-order valence-electron chi connectivity index (χ4n) is 6.20. The summed E-state index contributed by atoms with van der Waals surface area (Å²) in [6.07, 6.45) is 3.40. The van der Waals surface area contributed by atoms with Crippen LogP contribution in [0, 0.1) is 25.6 Å². The third-order valence-corrected chi connectivity index (χ3v) is 10.6. The number of nitrogens with two attached hydrogens (primary N) is 1. The number of halogens is 1. The number of aromatic nitrogens is 5. The van der Waals surface area contributed by atoms with Crippen molar-refractivity contribution in [2.24, 2.45) is 5.92 Å². The van der Waals surface area contributed by atoms with E-state index in [1.165, 1.54) is 35.1 Å². The molecule has 236 valence electrons. The first-order valence-electron chi connectivity index (χ1n) is 15.2. The zero-order chi connectivity index (χ0) is 32.3. The molecule has 7 rings (SSSR count). The summed E-state index contributed by atoms with van der Waals surface area (Å²) in [6, 6.07) is 16.1. The maximum atomic E-state index is 15.7. The molecule has 6 aromatic rings. The average molecular weight is 640 g/mol. The number of hydrogen-bond acceptors (Lipinski definition) is 7. The summed E-state index contributed by atoms with van der Waals surface area (Å²) in [5.74, 6) is 0.239. The number of likely N-dealkylation sites (tertiary alicyclic amines) is 1. The zero-order valence-corrected chi connectivity index (χ0v) is 26.6. The fraction of sp³-hybridized carbons (Fsp3) is 0.265. The van der Waals surface area contributed by atoms with Crippen LogP contribution in [-0.4, -0.2) is 55.9 Å². The molecule has 10 nitrogen and oxygen atoms in total. The van der Waals surface area contributed by atoms with Gasteiger partial charge in [-0.3, -0.25) is 9.69 Å². The number of carbonyl (C=O) groups is 1. The second-order valence-corrected chi connectivity index (χ2v) is 14.1. The lowest BCUT2D eigenvalue weighted by atomic mass is 9.98.